The molecule has 3 aromatic rings. The molecule has 5 nitrogen and oxygen atoms in total. The lowest BCUT2D eigenvalue weighted by Crippen LogP contribution is -2.17. The van der Waals surface area contributed by atoms with E-state index in [1.165, 1.54) is 23.8 Å². The molecule has 5 heteroatoms. The summed E-state index contributed by atoms with van der Waals surface area (Å²) in [7, 11) is 1.48. The number of hydrogen-bond donors (Lipinski definition) is 2. The largest absolute Gasteiger partial charge is 0.375 e. The Morgan fingerprint density at radius 2 is 2.04 bits per heavy atom. The number of carbonyl (C=O) groups excluding carboxylic acids is 1. The molecule has 0 aliphatic rings. The smallest absolute Gasteiger partial charge is 0.251 e. The number of nitrogens with one attached hydrogen (secondary N) is 2. The van der Waals surface area contributed by atoms with Crippen LogP contribution < -0.4 is 5.32 Å². The molecule has 0 spiro atoms. The maximum absolute atomic E-state index is 11.6. The Kier molecular flexibility index (Phi) is 4.12. The molecule has 23 heavy (non-hydrogen) atoms. The van der Waals surface area contributed by atoms with Crippen molar-refractivity contribution in [3.63, 3.8) is 0 Å². The molecule has 0 saturated heterocycles. The van der Waals surface area contributed by atoms with E-state index in [4.69, 9.17) is 4.74 Å². The molecule has 1 aromatic heterocycles. The van der Waals surface area contributed by atoms with E-state index in [1.54, 1.807) is 0 Å². The zero-order chi connectivity index (χ0) is 16.4. The third kappa shape index (κ3) is 3.10. The molecule has 3 rings (SSSR count). The van der Waals surface area contributed by atoms with E-state index < -0.39 is 0 Å². The van der Waals surface area contributed by atoms with Crippen LogP contribution in [0.3, 0.4) is 0 Å². The van der Waals surface area contributed by atoms with Gasteiger partial charge >= 0.3 is 0 Å². The van der Waals surface area contributed by atoms with Crippen molar-refractivity contribution >= 4 is 22.6 Å². The van der Waals surface area contributed by atoms with E-state index >= 15 is 0 Å². The Balaban J connectivity index is 1.98. The maximum Gasteiger partial charge on any atom is 0.251 e. The van der Waals surface area contributed by atoms with Gasteiger partial charge in [-0.25, -0.2) is 0 Å². The van der Waals surface area contributed by atoms with E-state index in [1.807, 2.05) is 12.1 Å². The van der Waals surface area contributed by atoms with Gasteiger partial charge in [0.05, 0.1) is 5.52 Å². The van der Waals surface area contributed by atoms with Crippen LogP contribution >= 0.6 is 0 Å². The van der Waals surface area contributed by atoms with E-state index in [0.717, 1.165) is 16.5 Å². The van der Waals surface area contributed by atoms with Gasteiger partial charge in [0.15, 0.2) is 5.82 Å². The van der Waals surface area contributed by atoms with Crippen LogP contribution in [-0.4, -0.2) is 29.8 Å². The second kappa shape index (κ2) is 6.22. The molecule has 118 valence electrons. The van der Waals surface area contributed by atoms with Gasteiger partial charge in [0.25, 0.3) is 5.91 Å². The summed E-state index contributed by atoms with van der Waals surface area (Å²) < 4.78 is 4.82. The van der Waals surface area contributed by atoms with E-state index in [0.29, 0.717) is 5.82 Å². The molecule has 0 atom stereocenters. The molecule has 0 bridgehead atoms. The van der Waals surface area contributed by atoms with Gasteiger partial charge in [0.1, 0.15) is 6.61 Å². The number of rotatable bonds is 4. The number of nitrogens with zero attached hydrogens (tertiary/aromatic N) is 1. The lowest BCUT2D eigenvalue weighted by molar-refractivity contribution is -0.119. The average molecular weight is 309 g/mol. The third-order valence-electron chi connectivity index (χ3n) is 3.80. The number of carbonyl (C=O) groups is 1. The topological polar surface area (TPSA) is 67.0 Å². The fraction of sp³-hybridized carbons (Fsp3) is 0.222. The zero-order valence-electron chi connectivity index (χ0n) is 13.4. The average Bonchev–Trinajstić information content (AvgIpc) is 2.92. The molecule has 2 N–H and O–H groups in total. The molecule has 0 saturated carbocycles. The fourth-order valence-electron chi connectivity index (χ4n) is 2.63. The van der Waals surface area contributed by atoms with Crippen LogP contribution in [0.25, 0.3) is 22.0 Å². The van der Waals surface area contributed by atoms with Crippen LogP contribution in [0, 0.1) is 13.8 Å². The molecule has 1 amide bonds. The Morgan fingerprint density at radius 1 is 1.22 bits per heavy atom. The van der Waals surface area contributed by atoms with Gasteiger partial charge < -0.3 is 10.1 Å². The van der Waals surface area contributed by atoms with Crippen LogP contribution in [0.2, 0.25) is 0 Å². The Labute approximate surface area is 134 Å². The summed E-state index contributed by atoms with van der Waals surface area (Å²) in [6.07, 6.45) is 0. The minimum Gasteiger partial charge on any atom is -0.375 e. The van der Waals surface area contributed by atoms with Crippen molar-refractivity contribution in [2.24, 2.45) is 0 Å². The molecule has 0 radical (unpaired) electrons. The first-order valence-corrected chi connectivity index (χ1v) is 7.43. The highest BCUT2D eigenvalue weighted by atomic mass is 16.5. The number of anilines is 1. The first kappa shape index (κ1) is 15.2. The Hall–Kier alpha value is -2.66. The number of aromatic amines is 1. The van der Waals surface area contributed by atoms with Gasteiger partial charge in [0.2, 0.25) is 0 Å². The van der Waals surface area contributed by atoms with Crippen LogP contribution in [-0.2, 0) is 9.53 Å². The number of aryl methyl sites for hydroxylation is 2. The predicted molar refractivity (Wildman–Crippen MR) is 91.5 cm³/mol. The monoisotopic (exact) mass is 309 g/mol. The number of amides is 1. The first-order chi connectivity index (χ1) is 11.1. The van der Waals surface area contributed by atoms with Crippen LogP contribution in [0.4, 0.5) is 5.82 Å². The fourth-order valence-corrected chi connectivity index (χ4v) is 2.63. The first-order valence-electron chi connectivity index (χ1n) is 7.43. The summed E-state index contributed by atoms with van der Waals surface area (Å²) in [6, 6.07) is 12.5. The van der Waals surface area contributed by atoms with Gasteiger partial charge in [-0.3, -0.25) is 9.89 Å². The normalized spacial score (nSPS) is 10.9. The molecule has 0 unspecified atom stereocenters. The molecule has 0 fully saturated rings. The maximum atomic E-state index is 11.6. The Bertz CT molecular complexity index is 868. The number of aromatic nitrogens is 2. The molecule has 2 aromatic carbocycles. The molecule has 0 aliphatic carbocycles. The highest BCUT2D eigenvalue weighted by Crippen LogP contribution is 2.29. The lowest BCUT2D eigenvalue weighted by atomic mass is 9.98. The third-order valence-corrected chi connectivity index (χ3v) is 3.80. The summed E-state index contributed by atoms with van der Waals surface area (Å²) in [5, 5.41) is 10.8. The minimum absolute atomic E-state index is 0.00885. The van der Waals surface area contributed by atoms with Gasteiger partial charge in [-0.1, -0.05) is 29.8 Å². The summed E-state index contributed by atoms with van der Waals surface area (Å²) in [6.45, 7) is 4.19. The van der Waals surface area contributed by atoms with Crippen molar-refractivity contribution in [1.82, 2.24) is 10.2 Å². The molecule has 0 aliphatic heterocycles. The van der Waals surface area contributed by atoms with Gasteiger partial charge in [-0.15, -0.1) is 0 Å². The van der Waals surface area contributed by atoms with Crippen molar-refractivity contribution in [1.29, 1.82) is 0 Å². The quantitative estimate of drug-likeness (QED) is 0.776. The molecular weight excluding hydrogens is 290 g/mol. The van der Waals surface area contributed by atoms with Crippen LogP contribution in [0.1, 0.15) is 11.1 Å². The number of fused-ring (bicyclic) bond motifs is 1. The van der Waals surface area contributed by atoms with Crippen molar-refractivity contribution in [3.05, 3.63) is 47.5 Å². The number of benzene rings is 2. The Morgan fingerprint density at radius 3 is 2.83 bits per heavy atom. The molecule has 1 heterocycles. The molecular formula is C18H19N3O2. The summed E-state index contributed by atoms with van der Waals surface area (Å²) in [4.78, 5) is 11.6. The number of H-pyrrole nitrogens is 1. The predicted octanol–water partition coefficient (Wildman–Crippen LogP) is 3.43. The SMILES string of the molecule is COCC(=O)Nc1n[nH]c2cc(-c3cc(C)ccc3C)ccc12. The summed E-state index contributed by atoms with van der Waals surface area (Å²) in [5.74, 6) is 0.300. The van der Waals surface area contributed by atoms with Crippen LogP contribution in [0.15, 0.2) is 36.4 Å². The van der Waals surface area contributed by atoms with Gasteiger partial charge in [0, 0.05) is 12.5 Å². The number of ether oxygens (including phenoxy) is 1. The van der Waals surface area contributed by atoms with Gasteiger partial charge in [-0.05, 0) is 42.7 Å². The zero-order valence-corrected chi connectivity index (χ0v) is 13.4. The van der Waals surface area contributed by atoms with Crippen molar-refractivity contribution < 1.29 is 9.53 Å². The highest BCUT2D eigenvalue weighted by molar-refractivity contribution is 6.01. The second-order valence-corrected chi connectivity index (χ2v) is 5.63. The second-order valence-electron chi connectivity index (χ2n) is 5.63. The van der Waals surface area contributed by atoms with E-state index in [-0.39, 0.29) is 12.5 Å². The lowest BCUT2D eigenvalue weighted by Gasteiger charge is -2.08. The van der Waals surface area contributed by atoms with E-state index in [9.17, 15) is 4.79 Å². The van der Waals surface area contributed by atoms with E-state index in [2.05, 4.69) is 53.6 Å². The summed E-state index contributed by atoms with van der Waals surface area (Å²) in [5.41, 5.74) is 5.66. The standard InChI is InChI=1S/C18H19N3O2/c1-11-4-5-12(2)15(8-11)13-6-7-14-16(9-13)20-21-18(14)19-17(22)10-23-3/h4-9H,10H2,1-3H3,(H2,19,20,21,22). The van der Waals surface area contributed by atoms with Gasteiger partial charge in [-0.2, -0.15) is 5.10 Å². The number of hydrogen-bond acceptors (Lipinski definition) is 3. The minimum atomic E-state index is -0.223. The highest BCUT2D eigenvalue weighted by Gasteiger charge is 2.11. The van der Waals surface area contributed by atoms with Crippen molar-refractivity contribution in [3.8, 4) is 11.1 Å². The summed E-state index contributed by atoms with van der Waals surface area (Å²) >= 11 is 0. The van der Waals surface area contributed by atoms with Crippen LogP contribution in [0.5, 0.6) is 0 Å². The van der Waals surface area contributed by atoms with Crippen molar-refractivity contribution in [2.45, 2.75) is 13.8 Å². The van der Waals surface area contributed by atoms with Crippen molar-refractivity contribution in [2.75, 3.05) is 19.0 Å². The number of methoxy groups -OCH3 is 1.